The van der Waals surface area contributed by atoms with E-state index in [0.717, 1.165) is 0 Å². The Morgan fingerprint density at radius 2 is 1.89 bits per heavy atom. The molecule has 1 unspecified atom stereocenters. The molecule has 0 saturated heterocycles. The van der Waals surface area contributed by atoms with E-state index in [1.807, 2.05) is 0 Å². The number of hydrogen-bond donors (Lipinski definition) is 0. The highest BCUT2D eigenvalue weighted by Gasteiger charge is 2.34. The van der Waals surface area contributed by atoms with Gasteiger partial charge >= 0.3 is 6.18 Å². The largest absolute Gasteiger partial charge is 0.391 e. The van der Waals surface area contributed by atoms with Crippen molar-refractivity contribution in [3.05, 3.63) is 6.42 Å². The van der Waals surface area contributed by atoms with E-state index in [2.05, 4.69) is 0 Å². The van der Waals surface area contributed by atoms with Crippen LogP contribution in [0.2, 0.25) is 0 Å². The summed E-state index contributed by atoms with van der Waals surface area (Å²) in [5, 5.41) is 0. The SMILES string of the molecule is C[CH]CC(C)C(F)(F)F. The van der Waals surface area contributed by atoms with Gasteiger partial charge in [0.25, 0.3) is 0 Å². The maximum atomic E-state index is 11.6. The Hall–Kier alpha value is -0.210. The summed E-state index contributed by atoms with van der Waals surface area (Å²) in [6.07, 6.45) is -2.38. The monoisotopic (exact) mass is 139 g/mol. The minimum Gasteiger partial charge on any atom is -0.171 e. The third-order valence-corrected chi connectivity index (χ3v) is 1.15. The second-order valence-electron chi connectivity index (χ2n) is 2.09. The van der Waals surface area contributed by atoms with E-state index in [1.54, 1.807) is 6.92 Å². The number of alkyl halides is 3. The molecule has 3 heteroatoms. The van der Waals surface area contributed by atoms with Crippen molar-refractivity contribution in [2.45, 2.75) is 26.4 Å². The fraction of sp³-hybridized carbons (Fsp3) is 0.833. The zero-order valence-corrected chi connectivity index (χ0v) is 5.50. The Morgan fingerprint density at radius 3 is 2.00 bits per heavy atom. The van der Waals surface area contributed by atoms with Gasteiger partial charge in [-0.05, 0) is 12.8 Å². The lowest BCUT2D eigenvalue weighted by Gasteiger charge is -2.13. The highest BCUT2D eigenvalue weighted by Crippen LogP contribution is 2.28. The average molecular weight is 139 g/mol. The van der Waals surface area contributed by atoms with Crippen molar-refractivity contribution >= 4 is 0 Å². The van der Waals surface area contributed by atoms with Gasteiger partial charge in [-0.25, -0.2) is 0 Å². The van der Waals surface area contributed by atoms with Crippen molar-refractivity contribution in [3.63, 3.8) is 0 Å². The summed E-state index contributed by atoms with van der Waals surface area (Å²) in [5.74, 6) is -1.19. The normalized spacial score (nSPS) is 15.7. The molecule has 0 N–H and O–H groups in total. The molecule has 1 atom stereocenters. The van der Waals surface area contributed by atoms with Gasteiger partial charge in [0.05, 0.1) is 5.92 Å². The van der Waals surface area contributed by atoms with Crippen LogP contribution in [-0.2, 0) is 0 Å². The molecule has 0 bridgehead atoms. The Balaban J connectivity index is 3.59. The van der Waals surface area contributed by atoms with E-state index in [0.29, 0.717) is 0 Å². The third-order valence-electron chi connectivity index (χ3n) is 1.15. The average Bonchev–Trinajstić information content (AvgIpc) is 1.64. The first-order valence-corrected chi connectivity index (χ1v) is 2.83. The lowest BCUT2D eigenvalue weighted by molar-refractivity contribution is -0.169. The van der Waals surface area contributed by atoms with Gasteiger partial charge in [-0.15, -0.1) is 0 Å². The van der Waals surface area contributed by atoms with Crippen LogP contribution in [0.3, 0.4) is 0 Å². The molecular formula is C6H10F3. The van der Waals surface area contributed by atoms with E-state index in [4.69, 9.17) is 0 Å². The van der Waals surface area contributed by atoms with Gasteiger partial charge in [-0.3, -0.25) is 0 Å². The zero-order chi connectivity index (χ0) is 7.49. The fourth-order valence-electron chi connectivity index (χ4n) is 0.487. The lowest BCUT2D eigenvalue weighted by Crippen LogP contribution is -2.19. The Morgan fingerprint density at radius 1 is 1.44 bits per heavy atom. The van der Waals surface area contributed by atoms with Crippen LogP contribution < -0.4 is 0 Å². The summed E-state index contributed by atoms with van der Waals surface area (Å²) in [4.78, 5) is 0. The number of halogens is 3. The summed E-state index contributed by atoms with van der Waals surface area (Å²) >= 11 is 0. The van der Waals surface area contributed by atoms with Gasteiger partial charge < -0.3 is 0 Å². The molecule has 0 spiro atoms. The highest BCUT2D eigenvalue weighted by atomic mass is 19.4. The fourth-order valence-corrected chi connectivity index (χ4v) is 0.487. The topological polar surface area (TPSA) is 0 Å². The molecule has 0 amide bonds. The Labute approximate surface area is 53.1 Å². The molecule has 9 heavy (non-hydrogen) atoms. The summed E-state index contributed by atoms with van der Waals surface area (Å²) < 4.78 is 34.8. The predicted octanol–water partition coefficient (Wildman–Crippen LogP) is 2.80. The van der Waals surface area contributed by atoms with E-state index >= 15 is 0 Å². The molecule has 0 aromatic heterocycles. The molecule has 0 nitrogen and oxygen atoms in total. The van der Waals surface area contributed by atoms with Crippen LogP contribution in [0.1, 0.15) is 20.3 Å². The first-order chi connectivity index (χ1) is 3.98. The van der Waals surface area contributed by atoms with Crippen LogP contribution in [-0.4, -0.2) is 6.18 Å². The van der Waals surface area contributed by atoms with Crippen molar-refractivity contribution in [2.24, 2.45) is 5.92 Å². The lowest BCUT2D eigenvalue weighted by atomic mass is 10.1. The smallest absolute Gasteiger partial charge is 0.171 e. The molecule has 0 aromatic rings. The standard InChI is InChI=1S/C6H10F3/c1-3-4-5(2)6(7,8)9/h3,5H,4H2,1-2H3. The van der Waals surface area contributed by atoms with Gasteiger partial charge in [0.15, 0.2) is 0 Å². The van der Waals surface area contributed by atoms with Crippen molar-refractivity contribution < 1.29 is 13.2 Å². The van der Waals surface area contributed by atoms with Gasteiger partial charge in [0, 0.05) is 0 Å². The maximum absolute atomic E-state index is 11.6. The number of hydrogen-bond acceptors (Lipinski definition) is 0. The van der Waals surface area contributed by atoms with Crippen molar-refractivity contribution in [1.29, 1.82) is 0 Å². The van der Waals surface area contributed by atoms with E-state index in [1.165, 1.54) is 13.3 Å². The van der Waals surface area contributed by atoms with Crippen LogP contribution in [0, 0.1) is 12.3 Å². The molecule has 0 aromatic carbocycles. The quantitative estimate of drug-likeness (QED) is 0.551. The second kappa shape index (κ2) is 3.08. The molecule has 1 radical (unpaired) electrons. The Bertz CT molecular complexity index is 74.9. The Kier molecular flexibility index (Phi) is 3.01. The van der Waals surface area contributed by atoms with E-state index < -0.39 is 12.1 Å². The van der Waals surface area contributed by atoms with Crippen LogP contribution in [0.4, 0.5) is 13.2 Å². The molecule has 0 aliphatic carbocycles. The van der Waals surface area contributed by atoms with Crippen molar-refractivity contribution in [1.82, 2.24) is 0 Å². The first kappa shape index (κ1) is 8.79. The van der Waals surface area contributed by atoms with E-state index in [-0.39, 0.29) is 6.42 Å². The maximum Gasteiger partial charge on any atom is 0.391 e. The van der Waals surface area contributed by atoms with Gasteiger partial charge in [0.2, 0.25) is 0 Å². The van der Waals surface area contributed by atoms with Crippen LogP contribution >= 0.6 is 0 Å². The molecule has 0 aliphatic rings. The third kappa shape index (κ3) is 3.38. The van der Waals surface area contributed by atoms with Gasteiger partial charge in [-0.1, -0.05) is 13.8 Å². The van der Waals surface area contributed by atoms with Crippen LogP contribution in [0.25, 0.3) is 0 Å². The summed E-state index contributed by atoms with van der Waals surface area (Å²) in [7, 11) is 0. The first-order valence-electron chi connectivity index (χ1n) is 2.83. The molecule has 0 rings (SSSR count). The minimum absolute atomic E-state index is 0.115. The second-order valence-corrected chi connectivity index (χ2v) is 2.09. The highest BCUT2D eigenvalue weighted by molar-refractivity contribution is 4.68. The zero-order valence-electron chi connectivity index (χ0n) is 5.50. The van der Waals surface area contributed by atoms with E-state index in [9.17, 15) is 13.2 Å². The molecule has 0 aliphatic heterocycles. The van der Waals surface area contributed by atoms with Crippen molar-refractivity contribution in [2.75, 3.05) is 0 Å². The number of rotatable bonds is 2. The molecule has 55 valence electrons. The summed E-state index contributed by atoms with van der Waals surface area (Å²) in [5.41, 5.74) is 0. The van der Waals surface area contributed by atoms with Crippen LogP contribution in [0.5, 0.6) is 0 Å². The molecular weight excluding hydrogens is 129 g/mol. The summed E-state index contributed by atoms with van der Waals surface area (Å²) in [6, 6.07) is 0. The van der Waals surface area contributed by atoms with Gasteiger partial charge in [0.1, 0.15) is 0 Å². The van der Waals surface area contributed by atoms with Gasteiger partial charge in [-0.2, -0.15) is 13.2 Å². The molecule has 0 heterocycles. The van der Waals surface area contributed by atoms with Crippen molar-refractivity contribution in [3.8, 4) is 0 Å². The minimum atomic E-state index is -4.02. The molecule has 0 saturated carbocycles. The predicted molar refractivity (Wildman–Crippen MR) is 29.8 cm³/mol. The molecule has 0 fully saturated rings. The summed E-state index contributed by atoms with van der Waals surface area (Å²) in [6.45, 7) is 2.81. The van der Waals surface area contributed by atoms with Crippen LogP contribution in [0.15, 0.2) is 0 Å².